The first-order chi connectivity index (χ1) is 7.00. The lowest BCUT2D eigenvalue weighted by Gasteiger charge is -1.97. The summed E-state index contributed by atoms with van der Waals surface area (Å²) in [6.45, 7) is 1.57. The lowest BCUT2D eigenvalue weighted by molar-refractivity contribution is -0.385. The Labute approximate surface area is 85.0 Å². The van der Waals surface area contributed by atoms with Crippen molar-refractivity contribution in [3.63, 3.8) is 0 Å². The van der Waals surface area contributed by atoms with E-state index in [1.165, 1.54) is 12.1 Å². The molecule has 1 rings (SSSR count). The van der Waals surface area contributed by atoms with Crippen LogP contribution < -0.4 is 0 Å². The molecule has 6 nitrogen and oxygen atoms in total. The number of rotatable bonds is 3. The fourth-order valence-corrected chi connectivity index (χ4v) is 1.01. The number of carboxylic acid groups (broad SMARTS) is 1. The monoisotopic (exact) mass is 208 g/mol. The highest BCUT2D eigenvalue weighted by molar-refractivity contribution is 5.84. The maximum Gasteiger partial charge on any atom is 0.328 e. The quantitative estimate of drug-likeness (QED) is 0.460. The standard InChI is InChI=1S/C9H8N2O4/c1-6-4-7(2-3-9(12)13)10-5-8(6)11(14)15/h2-5H,1H3,(H,12,13). The molecule has 0 aliphatic carbocycles. The second-order valence-electron chi connectivity index (χ2n) is 2.82. The summed E-state index contributed by atoms with van der Waals surface area (Å²) in [7, 11) is 0. The number of nitrogens with zero attached hydrogens (tertiary/aromatic N) is 2. The fourth-order valence-electron chi connectivity index (χ4n) is 1.01. The van der Waals surface area contributed by atoms with Crippen LogP contribution in [0.15, 0.2) is 18.3 Å². The highest BCUT2D eigenvalue weighted by atomic mass is 16.6. The van der Waals surface area contributed by atoms with Crippen LogP contribution in [0, 0.1) is 17.0 Å². The Balaban J connectivity index is 3.01. The number of aryl methyl sites for hydroxylation is 1. The van der Waals surface area contributed by atoms with Gasteiger partial charge in [-0.3, -0.25) is 10.1 Å². The van der Waals surface area contributed by atoms with Crippen LogP contribution in [0.1, 0.15) is 11.3 Å². The third-order valence-electron chi connectivity index (χ3n) is 1.70. The number of carboxylic acids is 1. The number of hydrogen-bond acceptors (Lipinski definition) is 4. The van der Waals surface area contributed by atoms with Crippen LogP contribution in [-0.4, -0.2) is 21.0 Å². The van der Waals surface area contributed by atoms with Gasteiger partial charge in [-0.2, -0.15) is 0 Å². The first-order valence-electron chi connectivity index (χ1n) is 4.03. The molecule has 1 N–H and O–H groups in total. The van der Waals surface area contributed by atoms with Gasteiger partial charge in [0.2, 0.25) is 0 Å². The van der Waals surface area contributed by atoms with Gasteiger partial charge in [-0.25, -0.2) is 9.78 Å². The molecule has 0 aliphatic heterocycles. The molecular weight excluding hydrogens is 200 g/mol. The Kier molecular flexibility index (Phi) is 3.12. The molecule has 1 heterocycles. The molecule has 0 saturated heterocycles. The zero-order valence-electron chi connectivity index (χ0n) is 7.88. The third-order valence-corrected chi connectivity index (χ3v) is 1.70. The Morgan fingerprint density at radius 1 is 1.67 bits per heavy atom. The van der Waals surface area contributed by atoms with Crippen molar-refractivity contribution in [3.05, 3.63) is 39.7 Å². The Morgan fingerprint density at radius 2 is 2.33 bits per heavy atom. The number of carbonyl (C=O) groups is 1. The van der Waals surface area contributed by atoms with Gasteiger partial charge in [-0.05, 0) is 19.1 Å². The lowest BCUT2D eigenvalue weighted by atomic mass is 10.2. The maximum absolute atomic E-state index is 10.5. The minimum absolute atomic E-state index is 0.0810. The van der Waals surface area contributed by atoms with E-state index < -0.39 is 10.9 Å². The van der Waals surface area contributed by atoms with E-state index in [9.17, 15) is 14.9 Å². The largest absolute Gasteiger partial charge is 0.478 e. The van der Waals surface area contributed by atoms with Gasteiger partial charge < -0.3 is 5.11 Å². The molecule has 0 atom stereocenters. The highest BCUT2D eigenvalue weighted by Crippen LogP contribution is 2.16. The van der Waals surface area contributed by atoms with Gasteiger partial charge in [-0.1, -0.05) is 0 Å². The summed E-state index contributed by atoms with van der Waals surface area (Å²) in [5.74, 6) is -1.09. The van der Waals surface area contributed by atoms with E-state index >= 15 is 0 Å². The van der Waals surface area contributed by atoms with Crippen LogP contribution in [0.3, 0.4) is 0 Å². The van der Waals surface area contributed by atoms with Gasteiger partial charge in [0.25, 0.3) is 5.69 Å². The molecule has 0 saturated carbocycles. The van der Waals surface area contributed by atoms with E-state index in [1.807, 2.05) is 0 Å². The minimum Gasteiger partial charge on any atom is -0.478 e. The molecule has 0 spiro atoms. The van der Waals surface area contributed by atoms with Crippen LogP contribution in [0.4, 0.5) is 5.69 Å². The predicted octanol–water partition coefficient (Wildman–Crippen LogP) is 1.40. The van der Waals surface area contributed by atoms with E-state index in [0.717, 1.165) is 12.3 Å². The van der Waals surface area contributed by atoms with Crippen molar-refractivity contribution >= 4 is 17.7 Å². The SMILES string of the molecule is Cc1cc(C=CC(=O)O)ncc1[N+](=O)[O-]. The summed E-state index contributed by atoms with van der Waals surface area (Å²) in [6, 6.07) is 1.46. The van der Waals surface area contributed by atoms with Crippen molar-refractivity contribution in [2.75, 3.05) is 0 Å². The molecule has 1 aromatic rings. The van der Waals surface area contributed by atoms with Gasteiger partial charge in [0.15, 0.2) is 0 Å². The van der Waals surface area contributed by atoms with Gasteiger partial charge in [0.1, 0.15) is 6.20 Å². The predicted molar refractivity (Wildman–Crippen MR) is 52.3 cm³/mol. The summed E-state index contributed by atoms with van der Waals surface area (Å²) in [5.41, 5.74) is 0.739. The van der Waals surface area contributed by atoms with E-state index in [0.29, 0.717) is 11.3 Å². The van der Waals surface area contributed by atoms with Crippen LogP contribution in [-0.2, 0) is 4.79 Å². The molecule has 0 fully saturated rings. The second kappa shape index (κ2) is 4.32. The first kappa shape index (κ1) is 10.8. The number of nitro groups is 1. The molecule has 78 valence electrons. The molecule has 0 amide bonds. The van der Waals surface area contributed by atoms with Crippen LogP contribution in [0.25, 0.3) is 6.08 Å². The van der Waals surface area contributed by atoms with Crippen LogP contribution in [0.5, 0.6) is 0 Å². The number of aromatic nitrogens is 1. The molecule has 0 aliphatic rings. The average Bonchev–Trinajstić information content (AvgIpc) is 2.14. The molecule has 6 heteroatoms. The Morgan fingerprint density at radius 3 is 2.80 bits per heavy atom. The van der Waals surface area contributed by atoms with E-state index in [-0.39, 0.29) is 5.69 Å². The van der Waals surface area contributed by atoms with Gasteiger partial charge >= 0.3 is 5.97 Å². The maximum atomic E-state index is 10.5. The summed E-state index contributed by atoms with van der Waals surface area (Å²) < 4.78 is 0. The molecule has 1 aromatic heterocycles. The zero-order valence-corrected chi connectivity index (χ0v) is 7.88. The average molecular weight is 208 g/mol. The summed E-state index contributed by atoms with van der Waals surface area (Å²) >= 11 is 0. The Hall–Kier alpha value is -2.24. The fraction of sp³-hybridized carbons (Fsp3) is 0.111. The van der Waals surface area contributed by atoms with E-state index in [4.69, 9.17) is 5.11 Å². The molecule has 15 heavy (non-hydrogen) atoms. The number of hydrogen-bond donors (Lipinski definition) is 1. The smallest absolute Gasteiger partial charge is 0.328 e. The van der Waals surface area contributed by atoms with Crippen molar-refractivity contribution in [2.24, 2.45) is 0 Å². The van der Waals surface area contributed by atoms with E-state index in [1.54, 1.807) is 6.92 Å². The first-order valence-corrected chi connectivity index (χ1v) is 4.03. The summed E-state index contributed by atoms with van der Waals surface area (Å²) in [5, 5.41) is 18.8. The van der Waals surface area contributed by atoms with Crippen molar-refractivity contribution in [2.45, 2.75) is 6.92 Å². The topological polar surface area (TPSA) is 93.3 Å². The zero-order chi connectivity index (χ0) is 11.4. The highest BCUT2D eigenvalue weighted by Gasteiger charge is 2.10. The lowest BCUT2D eigenvalue weighted by Crippen LogP contribution is -1.94. The number of pyridine rings is 1. The Bertz CT molecular complexity index is 440. The summed E-state index contributed by atoms with van der Waals surface area (Å²) in [6.07, 6.45) is 3.31. The number of aliphatic carboxylic acids is 1. The molecule has 0 aromatic carbocycles. The third kappa shape index (κ3) is 2.87. The van der Waals surface area contributed by atoms with Gasteiger partial charge in [0, 0.05) is 11.6 Å². The minimum atomic E-state index is -1.09. The van der Waals surface area contributed by atoms with Crippen molar-refractivity contribution < 1.29 is 14.8 Å². The molecule has 0 radical (unpaired) electrons. The van der Waals surface area contributed by atoms with Gasteiger partial charge in [-0.15, -0.1) is 0 Å². The van der Waals surface area contributed by atoms with Crippen LogP contribution >= 0.6 is 0 Å². The molecular formula is C9H8N2O4. The second-order valence-corrected chi connectivity index (χ2v) is 2.82. The molecule has 0 unspecified atom stereocenters. The van der Waals surface area contributed by atoms with E-state index in [2.05, 4.69) is 4.98 Å². The van der Waals surface area contributed by atoms with Crippen molar-refractivity contribution in [1.29, 1.82) is 0 Å². The summed E-state index contributed by atoms with van der Waals surface area (Å²) in [4.78, 5) is 23.9. The molecule has 0 bridgehead atoms. The van der Waals surface area contributed by atoms with Crippen molar-refractivity contribution in [1.82, 2.24) is 4.98 Å². The normalized spacial score (nSPS) is 10.5. The van der Waals surface area contributed by atoms with Crippen LogP contribution in [0.2, 0.25) is 0 Å². The van der Waals surface area contributed by atoms with Crippen molar-refractivity contribution in [3.8, 4) is 0 Å². The van der Waals surface area contributed by atoms with Gasteiger partial charge in [0.05, 0.1) is 10.6 Å².